The van der Waals surface area contributed by atoms with Crippen molar-refractivity contribution in [3.8, 4) is 22.6 Å². The molecule has 1 fully saturated rings. The normalized spacial score (nSPS) is 19.4. The second kappa shape index (κ2) is 9.38. The van der Waals surface area contributed by atoms with Gasteiger partial charge in [-0.25, -0.2) is 0 Å². The molecule has 0 bridgehead atoms. The van der Waals surface area contributed by atoms with Crippen LogP contribution < -0.4 is 14.8 Å². The van der Waals surface area contributed by atoms with E-state index in [0.29, 0.717) is 0 Å². The Labute approximate surface area is 180 Å². The third-order valence-corrected chi connectivity index (χ3v) is 6.46. The van der Waals surface area contributed by atoms with E-state index in [1.807, 2.05) is 13.0 Å². The van der Waals surface area contributed by atoms with Gasteiger partial charge in [0.2, 0.25) is 6.79 Å². The predicted octanol–water partition coefficient (Wildman–Crippen LogP) is 4.01. The molecule has 5 heteroatoms. The quantitative estimate of drug-likeness (QED) is 0.689. The molecule has 2 aliphatic rings. The summed E-state index contributed by atoms with van der Waals surface area (Å²) in [5.74, 6) is 1.62. The Morgan fingerprint density at radius 1 is 1.10 bits per heavy atom. The molecule has 4 rings (SSSR count). The van der Waals surface area contributed by atoms with Gasteiger partial charge in [-0.2, -0.15) is 0 Å². The Morgan fingerprint density at radius 3 is 2.67 bits per heavy atom. The van der Waals surface area contributed by atoms with E-state index in [2.05, 4.69) is 53.5 Å². The molecule has 30 heavy (non-hydrogen) atoms. The van der Waals surface area contributed by atoms with E-state index in [9.17, 15) is 5.11 Å². The highest BCUT2D eigenvalue weighted by molar-refractivity contribution is 5.71. The molecule has 2 atom stereocenters. The van der Waals surface area contributed by atoms with Gasteiger partial charge in [0, 0.05) is 38.6 Å². The molecular formula is C25H34N2O3. The van der Waals surface area contributed by atoms with Crippen LogP contribution in [0.25, 0.3) is 11.1 Å². The minimum absolute atomic E-state index is 0.0313. The third-order valence-electron chi connectivity index (χ3n) is 6.46. The number of aliphatic hydroxyl groups is 1. The molecule has 0 spiro atoms. The van der Waals surface area contributed by atoms with Crippen molar-refractivity contribution in [1.82, 2.24) is 10.2 Å². The minimum atomic E-state index is -0.771. The van der Waals surface area contributed by atoms with E-state index >= 15 is 0 Å². The van der Waals surface area contributed by atoms with Gasteiger partial charge in [-0.05, 0) is 42.2 Å². The number of rotatable bonds is 8. The molecule has 0 saturated carbocycles. The average molecular weight is 411 g/mol. The summed E-state index contributed by atoms with van der Waals surface area (Å²) in [4.78, 5) is 2.48. The molecule has 1 saturated heterocycles. The lowest BCUT2D eigenvalue weighted by Gasteiger charge is -2.39. The van der Waals surface area contributed by atoms with E-state index < -0.39 is 5.60 Å². The van der Waals surface area contributed by atoms with Crippen LogP contribution in [0.15, 0.2) is 42.5 Å². The van der Waals surface area contributed by atoms with Crippen molar-refractivity contribution in [2.45, 2.75) is 44.6 Å². The zero-order chi connectivity index (χ0) is 21.0. The maximum absolute atomic E-state index is 11.6. The largest absolute Gasteiger partial charge is 0.454 e. The molecule has 0 amide bonds. The van der Waals surface area contributed by atoms with Crippen LogP contribution in [0.3, 0.4) is 0 Å². The second-order valence-electron chi connectivity index (χ2n) is 8.72. The first-order valence-corrected chi connectivity index (χ1v) is 11.2. The summed E-state index contributed by atoms with van der Waals surface area (Å²) in [6.07, 6.45) is 2.91. The first-order chi connectivity index (χ1) is 14.6. The van der Waals surface area contributed by atoms with Gasteiger partial charge in [-0.1, -0.05) is 50.1 Å². The summed E-state index contributed by atoms with van der Waals surface area (Å²) in [6, 6.07) is 14.6. The average Bonchev–Trinajstić information content (AvgIpc) is 3.25. The highest BCUT2D eigenvalue weighted by Crippen LogP contribution is 2.41. The minimum Gasteiger partial charge on any atom is -0.454 e. The molecule has 0 aromatic heterocycles. The van der Waals surface area contributed by atoms with Crippen LogP contribution in [0.5, 0.6) is 11.5 Å². The number of nitrogens with zero attached hydrogens (tertiary/aromatic N) is 1. The third kappa shape index (κ3) is 4.64. The van der Waals surface area contributed by atoms with Crippen molar-refractivity contribution < 1.29 is 14.6 Å². The molecule has 2 aromatic rings. The van der Waals surface area contributed by atoms with E-state index in [1.165, 1.54) is 5.56 Å². The van der Waals surface area contributed by atoms with Crippen LogP contribution in [0.1, 0.15) is 44.6 Å². The maximum atomic E-state index is 11.6. The molecule has 2 N–H and O–H groups in total. The van der Waals surface area contributed by atoms with E-state index in [0.717, 1.165) is 74.6 Å². The predicted molar refractivity (Wildman–Crippen MR) is 120 cm³/mol. The van der Waals surface area contributed by atoms with Crippen molar-refractivity contribution in [3.05, 3.63) is 48.0 Å². The molecule has 2 heterocycles. The lowest BCUT2D eigenvalue weighted by molar-refractivity contribution is 0.00642. The van der Waals surface area contributed by atoms with Crippen molar-refractivity contribution in [2.75, 3.05) is 39.5 Å². The van der Waals surface area contributed by atoms with Crippen molar-refractivity contribution in [2.24, 2.45) is 0 Å². The molecular weight excluding hydrogens is 376 g/mol. The highest BCUT2D eigenvalue weighted by Gasteiger charge is 2.35. The Hall–Kier alpha value is -2.08. The molecule has 2 unspecified atom stereocenters. The Kier molecular flexibility index (Phi) is 6.61. The molecule has 0 aliphatic carbocycles. The van der Waals surface area contributed by atoms with Gasteiger partial charge in [-0.15, -0.1) is 0 Å². The van der Waals surface area contributed by atoms with Gasteiger partial charge in [0.05, 0.1) is 5.60 Å². The summed E-state index contributed by atoms with van der Waals surface area (Å²) < 4.78 is 11.1. The number of benzene rings is 2. The van der Waals surface area contributed by atoms with Crippen molar-refractivity contribution in [1.29, 1.82) is 0 Å². The fourth-order valence-electron chi connectivity index (χ4n) is 4.62. The molecule has 0 radical (unpaired) electrons. The lowest BCUT2D eigenvalue weighted by atomic mass is 9.77. The van der Waals surface area contributed by atoms with Gasteiger partial charge in [-0.3, -0.25) is 0 Å². The van der Waals surface area contributed by atoms with Crippen LogP contribution in [0.4, 0.5) is 0 Å². The smallest absolute Gasteiger partial charge is 0.231 e. The number of unbranched alkanes of at least 4 members (excludes halogenated alkanes) is 1. The van der Waals surface area contributed by atoms with E-state index in [4.69, 9.17) is 9.47 Å². The summed E-state index contributed by atoms with van der Waals surface area (Å²) in [5, 5.41) is 15.1. The van der Waals surface area contributed by atoms with Crippen LogP contribution in [-0.4, -0.2) is 55.1 Å². The number of hydrogen-bond donors (Lipinski definition) is 2. The Bertz CT molecular complexity index is 846. The van der Waals surface area contributed by atoms with Crippen LogP contribution in [0, 0.1) is 0 Å². The number of nitrogens with one attached hydrogen (secondary N) is 1. The topological polar surface area (TPSA) is 54.0 Å². The fourth-order valence-corrected chi connectivity index (χ4v) is 4.62. The van der Waals surface area contributed by atoms with Crippen molar-refractivity contribution in [3.63, 3.8) is 0 Å². The number of piperazine rings is 1. The first kappa shape index (κ1) is 21.2. The lowest BCUT2D eigenvalue weighted by Crippen LogP contribution is -2.48. The Balaban J connectivity index is 1.71. The fraction of sp³-hybridized carbons (Fsp3) is 0.520. The number of ether oxygens (including phenoxy) is 2. The van der Waals surface area contributed by atoms with E-state index in [-0.39, 0.29) is 12.7 Å². The summed E-state index contributed by atoms with van der Waals surface area (Å²) in [6.45, 7) is 9.39. The van der Waals surface area contributed by atoms with Crippen LogP contribution >= 0.6 is 0 Å². The highest BCUT2D eigenvalue weighted by atomic mass is 16.7. The molecule has 2 aliphatic heterocycles. The zero-order valence-electron chi connectivity index (χ0n) is 18.2. The summed E-state index contributed by atoms with van der Waals surface area (Å²) >= 11 is 0. The maximum Gasteiger partial charge on any atom is 0.231 e. The Morgan fingerprint density at radius 2 is 1.87 bits per heavy atom. The molecule has 162 valence electrons. The van der Waals surface area contributed by atoms with E-state index in [1.54, 1.807) is 0 Å². The number of fused-ring (bicyclic) bond motifs is 1. The van der Waals surface area contributed by atoms with Crippen LogP contribution in [0.2, 0.25) is 0 Å². The van der Waals surface area contributed by atoms with Crippen molar-refractivity contribution >= 4 is 0 Å². The van der Waals surface area contributed by atoms with Gasteiger partial charge in [0.1, 0.15) is 0 Å². The standard InChI is InChI=1S/C25H34N2O3/c1-3-4-11-25(2,28)22(17-27-14-12-26-13-15-27)21-8-6-5-7-20(21)19-9-10-23-24(16-19)30-18-29-23/h5-10,16,22,26,28H,3-4,11-15,17-18H2,1-2H3. The van der Waals surface area contributed by atoms with Gasteiger partial charge in [0.25, 0.3) is 0 Å². The summed E-state index contributed by atoms with van der Waals surface area (Å²) in [5.41, 5.74) is 2.70. The summed E-state index contributed by atoms with van der Waals surface area (Å²) in [7, 11) is 0. The van der Waals surface area contributed by atoms with Gasteiger partial charge < -0.3 is 24.8 Å². The SMILES string of the molecule is CCCCC(C)(O)C(CN1CCNCC1)c1ccccc1-c1ccc2c(c1)OCO2. The zero-order valence-corrected chi connectivity index (χ0v) is 18.2. The first-order valence-electron chi connectivity index (χ1n) is 11.2. The van der Waals surface area contributed by atoms with Crippen LogP contribution in [-0.2, 0) is 0 Å². The number of hydrogen-bond acceptors (Lipinski definition) is 5. The second-order valence-corrected chi connectivity index (χ2v) is 8.72. The monoisotopic (exact) mass is 410 g/mol. The van der Waals surface area contributed by atoms with Gasteiger partial charge >= 0.3 is 0 Å². The molecule has 2 aromatic carbocycles. The molecule has 5 nitrogen and oxygen atoms in total. The van der Waals surface area contributed by atoms with Gasteiger partial charge in [0.15, 0.2) is 11.5 Å².